The Morgan fingerprint density at radius 3 is 1.77 bits per heavy atom. The van der Waals surface area contributed by atoms with Crippen molar-refractivity contribution in [2.45, 2.75) is 19.9 Å². The van der Waals surface area contributed by atoms with Crippen LogP contribution in [0.5, 0.6) is 0 Å². The third-order valence-electron chi connectivity index (χ3n) is 4.59. The first-order chi connectivity index (χ1) is 14.8. The summed E-state index contributed by atoms with van der Waals surface area (Å²) in [5, 5.41) is 8.32. The Morgan fingerprint density at radius 2 is 1.19 bits per heavy atom. The van der Waals surface area contributed by atoms with Crippen LogP contribution in [0, 0.1) is 5.82 Å². The SMILES string of the molecule is CC(=O)Nc1ccc(C(=O)NC(C)c2ccc(NC(=O)c3ccc(F)cc3)cc2)cc1. The number of rotatable bonds is 6. The van der Waals surface area contributed by atoms with Crippen LogP contribution >= 0.6 is 0 Å². The summed E-state index contributed by atoms with van der Waals surface area (Å²) >= 11 is 0. The van der Waals surface area contributed by atoms with E-state index in [4.69, 9.17) is 0 Å². The molecule has 31 heavy (non-hydrogen) atoms. The van der Waals surface area contributed by atoms with E-state index in [0.29, 0.717) is 22.5 Å². The van der Waals surface area contributed by atoms with Crippen molar-refractivity contribution in [2.24, 2.45) is 0 Å². The Hall–Kier alpha value is -4.00. The molecule has 0 saturated heterocycles. The average molecular weight is 419 g/mol. The summed E-state index contributed by atoms with van der Waals surface area (Å²) in [5.74, 6) is -1.16. The Bertz CT molecular complexity index is 1080. The Kier molecular flexibility index (Phi) is 6.77. The number of amides is 3. The van der Waals surface area contributed by atoms with Crippen LogP contribution in [0.3, 0.4) is 0 Å². The van der Waals surface area contributed by atoms with Crippen LogP contribution in [-0.2, 0) is 4.79 Å². The fraction of sp³-hybridized carbons (Fsp3) is 0.125. The van der Waals surface area contributed by atoms with Crippen molar-refractivity contribution in [1.29, 1.82) is 0 Å². The van der Waals surface area contributed by atoms with E-state index < -0.39 is 5.82 Å². The number of carbonyl (C=O) groups excluding carboxylic acids is 3. The molecule has 0 aliphatic carbocycles. The van der Waals surface area contributed by atoms with Crippen LogP contribution < -0.4 is 16.0 Å². The normalized spacial score (nSPS) is 11.3. The van der Waals surface area contributed by atoms with Crippen LogP contribution in [0.2, 0.25) is 0 Å². The molecule has 0 fully saturated rings. The second kappa shape index (κ2) is 9.67. The van der Waals surface area contributed by atoms with Gasteiger partial charge in [0.1, 0.15) is 5.82 Å². The van der Waals surface area contributed by atoms with Crippen LogP contribution in [0.25, 0.3) is 0 Å². The van der Waals surface area contributed by atoms with Crippen LogP contribution in [0.15, 0.2) is 72.8 Å². The second-order valence-corrected chi connectivity index (χ2v) is 7.04. The van der Waals surface area contributed by atoms with Crippen molar-refractivity contribution < 1.29 is 18.8 Å². The minimum absolute atomic E-state index is 0.178. The van der Waals surface area contributed by atoms with Crippen molar-refractivity contribution in [3.05, 3.63) is 95.3 Å². The second-order valence-electron chi connectivity index (χ2n) is 7.04. The number of hydrogen-bond acceptors (Lipinski definition) is 3. The van der Waals surface area contributed by atoms with Gasteiger partial charge >= 0.3 is 0 Å². The topological polar surface area (TPSA) is 87.3 Å². The van der Waals surface area contributed by atoms with Crippen LogP contribution in [0.1, 0.15) is 46.2 Å². The highest BCUT2D eigenvalue weighted by Crippen LogP contribution is 2.18. The molecule has 3 rings (SSSR count). The Morgan fingerprint density at radius 1 is 0.710 bits per heavy atom. The maximum Gasteiger partial charge on any atom is 0.255 e. The first-order valence-electron chi connectivity index (χ1n) is 9.67. The van der Waals surface area contributed by atoms with E-state index >= 15 is 0 Å². The number of benzene rings is 3. The molecule has 0 radical (unpaired) electrons. The van der Waals surface area contributed by atoms with Crippen molar-refractivity contribution >= 4 is 29.1 Å². The number of nitrogens with one attached hydrogen (secondary N) is 3. The smallest absolute Gasteiger partial charge is 0.255 e. The molecule has 7 heteroatoms. The third kappa shape index (κ3) is 5.99. The summed E-state index contributed by atoms with van der Waals surface area (Å²) in [6.07, 6.45) is 0. The highest BCUT2D eigenvalue weighted by molar-refractivity contribution is 6.04. The van der Waals surface area contributed by atoms with Gasteiger partial charge < -0.3 is 16.0 Å². The van der Waals surface area contributed by atoms with Crippen LogP contribution in [-0.4, -0.2) is 17.7 Å². The molecule has 3 amide bonds. The van der Waals surface area contributed by atoms with Gasteiger partial charge in [0.05, 0.1) is 6.04 Å². The molecule has 158 valence electrons. The molecule has 1 unspecified atom stereocenters. The van der Waals surface area contributed by atoms with Gasteiger partial charge in [-0.25, -0.2) is 4.39 Å². The molecule has 0 spiro atoms. The van der Waals surface area contributed by atoms with Gasteiger partial charge in [-0.3, -0.25) is 14.4 Å². The molecule has 6 nitrogen and oxygen atoms in total. The molecule has 0 saturated carbocycles. The lowest BCUT2D eigenvalue weighted by atomic mass is 10.1. The lowest BCUT2D eigenvalue weighted by molar-refractivity contribution is -0.114. The van der Waals surface area contributed by atoms with Gasteiger partial charge in [0.25, 0.3) is 11.8 Å². The number of anilines is 2. The standard InChI is InChI=1S/C24H22FN3O3/c1-15(26-23(30)19-7-13-21(14-8-19)27-16(2)29)17-5-11-22(12-6-17)28-24(31)18-3-9-20(25)10-4-18/h3-15H,1-2H3,(H,26,30)(H,27,29)(H,28,31). The van der Waals surface area contributed by atoms with E-state index in [9.17, 15) is 18.8 Å². The first-order valence-corrected chi connectivity index (χ1v) is 9.67. The minimum Gasteiger partial charge on any atom is -0.346 e. The lowest BCUT2D eigenvalue weighted by Crippen LogP contribution is -2.26. The van der Waals surface area contributed by atoms with Gasteiger partial charge in [0.15, 0.2) is 0 Å². The Balaban J connectivity index is 1.58. The lowest BCUT2D eigenvalue weighted by Gasteiger charge is -2.15. The van der Waals surface area contributed by atoms with Gasteiger partial charge in [-0.05, 0) is 73.2 Å². The van der Waals surface area contributed by atoms with E-state index in [1.807, 2.05) is 19.1 Å². The fourth-order valence-electron chi connectivity index (χ4n) is 2.93. The predicted octanol–water partition coefficient (Wildman–Crippen LogP) is 4.53. The van der Waals surface area contributed by atoms with E-state index in [-0.39, 0.29) is 23.8 Å². The van der Waals surface area contributed by atoms with Gasteiger partial charge in [0, 0.05) is 29.4 Å². The monoisotopic (exact) mass is 419 g/mol. The molecule has 0 bridgehead atoms. The van der Waals surface area contributed by atoms with Gasteiger partial charge in [0.2, 0.25) is 5.91 Å². The number of carbonyl (C=O) groups is 3. The first kappa shape index (κ1) is 21.7. The maximum atomic E-state index is 13.0. The van der Waals surface area contributed by atoms with Crippen molar-refractivity contribution in [1.82, 2.24) is 5.32 Å². The summed E-state index contributed by atoms with van der Waals surface area (Å²) in [5.41, 5.74) is 2.91. The average Bonchev–Trinajstić information content (AvgIpc) is 2.74. The zero-order valence-electron chi connectivity index (χ0n) is 17.1. The van der Waals surface area contributed by atoms with Crippen molar-refractivity contribution in [2.75, 3.05) is 10.6 Å². The molecular weight excluding hydrogens is 397 g/mol. The summed E-state index contributed by atoms with van der Waals surface area (Å²) in [4.78, 5) is 35.8. The van der Waals surface area contributed by atoms with E-state index in [1.54, 1.807) is 36.4 Å². The predicted molar refractivity (Wildman–Crippen MR) is 117 cm³/mol. The van der Waals surface area contributed by atoms with Gasteiger partial charge in [-0.1, -0.05) is 12.1 Å². The molecule has 0 aliphatic rings. The molecule has 0 aliphatic heterocycles. The molecule has 0 heterocycles. The van der Waals surface area contributed by atoms with Gasteiger partial charge in [-0.15, -0.1) is 0 Å². The van der Waals surface area contributed by atoms with E-state index in [1.165, 1.54) is 31.2 Å². The highest BCUT2D eigenvalue weighted by atomic mass is 19.1. The summed E-state index contributed by atoms with van der Waals surface area (Å²) in [6.45, 7) is 3.28. The van der Waals surface area contributed by atoms with E-state index in [2.05, 4.69) is 16.0 Å². The highest BCUT2D eigenvalue weighted by Gasteiger charge is 2.12. The largest absolute Gasteiger partial charge is 0.346 e. The minimum atomic E-state index is -0.402. The van der Waals surface area contributed by atoms with Gasteiger partial charge in [-0.2, -0.15) is 0 Å². The summed E-state index contributed by atoms with van der Waals surface area (Å²) in [7, 11) is 0. The molecule has 0 aromatic heterocycles. The summed E-state index contributed by atoms with van der Waals surface area (Å²) < 4.78 is 13.0. The third-order valence-corrected chi connectivity index (χ3v) is 4.59. The maximum absolute atomic E-state index is 13.0. The molecular formula is C24H22FN3O3. The molecule has 3 aromatic rings. The molecule has 3 aromatic carbocycles. The van der Waals surface area contributed by atoms with E-state index in [0.717, 1.165) is 5.56 Å². The Labute approximate surface area is 179 Å². The quantitative estimate of drug-likeness (QED) is 0.549. The van der Waals surface area contributed by atoms with Crippen molar-refractivity contribution in [3.8, 4) is 0 Å². The molecule has 1 atom stereocenters. The van der Waals surface area contributed by atoms with Crippen molar-refractivity contribution in [3.63, 3.8) is 0 Å². The van der Waals surface area contributed by atoms with Crippen LogP contribution in [0.4, 0.5) is 15.8 Å². The zero-order valence-corrected chi connectivity index (χ0v) is 17.1. The zero-order chi connectivity index (χ0) is 22.4. The summed E-state index contributed by atoms with van der Waals surface area (Å²) in [6, 6.07) is 18.7. The number of hydrogen-bond donors (Lipinski definition) is 3. The molecule has 3 N–H and O–H groups in total. The fourth-order valence-corrected chi connectivity index (χ4v) is 2.93. The number of halogens is 1.